The number of pyridine rings is 1. The predicted octanol–water partition coefficient (Wildman–Crippen LogP) is 3.55. The van der Waals surface area contributed by atoms with Gasteiger partial charge >= 0.3 is 0 Å². The summed E-state index contributed by atoms with van der Waals surface area (Å²) in [4.78, 5) is 6.61. The third kappa shape index (κ3) is 3.88. The normalized spacial score (nSPS) is 10.2. The van der Waals surface area contributed by atoms with Crippen LogP contribution < -0.4 is 15.0 Å². The van der Waals surface area contributed by atoms with Gasteiger partial charge in [-0.15, -0.1) is 0 Å². The number of ether oxygens (including phenoxy) is 1. The Kier molecular flexibility index (Phi) is 5.43. The van der Waals surface area contributed by atoms with E-state index >= 15 is 0 Å². The molecule has 0 spiro atoms. The Bertz CT molecular complexity index is 571. The highest BCUT2D eigenvalue weighted by atomic mass is 16.5. The average molecular weight is 285 g/mol. The monoisotopic (exact) mass is 285 g/mol. The molecule has 112 valence electrons. The van der Waals surface area contributed by atoms with Gasteiger partial charge in [-0.2, -0.15) is 0 Å². The van der Waals surface area contributed by atoms with Gasteiger partial charge in [0.15, 0.2) is 0 Å². The third-order valence-electron chi connectivity index (χ3n) is 3.34. The predicted molar refractivity (Wildman–Crippen MR) is 88.1 cm³/mol. The van der Waals surface area contributed by atoms with Gasteiger partial charge in [0.2, 0.25) is 0 Å². The minimum absolute atomic E-state index is 0.778. The van der Waals surface area contributed by atoms with Crippen LogP contribution in [0, 0.1) is 0 Å². The lowest BCUT2D eigenvalue weighted by Gasteiger charge is -2.23. The van der Waals surface area contributed by atoms with Crippen molar-refractivity contribution in [3.05, 3.63) is 48.2 Å². The van der Waals surface area contributed by atoms with Crippen LogP contribution in [0.5, 0.6) is 5.75 Å². The maximum atomic E-state index is 5.43. The molecule has 0 aliphatic rings. The molecule has 4 heteroatoms. The average Bonchev–Trinajstić information content (AvgIpc) is 2.54. The van der Waals surface area contributed by atoms with Crippen molar-refractivity contribution in [2.75, 3.05) is 30.9 Å². The van der Waals surface area contributed by atoms with Crippen LogP contribution in [0.3, 0.4) is 0 Å². The Labute approximate surface area is 126 Å². The fraction of sp³-hybridized carbons (Fsp3) is 0.353. The van der Waals surface area contributed by atoms with E-state index in [1.54, 1.807) is 7.11 Å². The molecular formula is C17H23N3O. The van der Waals surface area contributed by atoms with Gasteiger partial charge in [0.25, 0.3) is 0 Å². The summed E-state index contributed by atoms with van der Waals surface area (Å²) in [6.07, 6.45) is 2.91. The summed E-state index contributed by atoms with van der Waals surface area (Å²) in [5.41, 5.74) is 2.25. The molecule has 0 fully saturated rings. The summed E-state index contributed by atoms with van der Waals surface area (Å²) in [7, 11) is 3.76. The molecule has 0 unspecified atom stereocenters. The van der Waals surface area contributed by atoms with E-state index in [4.69, 9.17) is 4.74 Å². The second-order valence-electron chi connectivity index (χ2n) is 4.97. The van der Waals surface area contributed by atoms with Crippen LogP contribution >= 0.6 is 0 Å². The first-order valence-corrected chi connectivity index (χ1v) is 7.28. The van der Waals surface area contributed by atoms with Crippen LogP contribution in [0.15, 0.2) is 42.6 Å². The summed E-state index contributed by atoms with van der Waals surface area (Å²) < 4.78 is 5.43. The fourth-order valence-electron chi connectivity index (χ4n) is 2.25. The van der Waals surface area contributed by atoms with Gasteiger partial charge in [0.1, 0.15) is 11.6 Å². The molecule has 0 aliphatic heterocycles. The Hall–Kier alpha value is -2.23. The fourth-order valence-corrected chi connectivity index (χ4v) is 2.25. The highest BCUT2D eigenvalue weighted by Gasteiger charge is 2.10. The Morgan fingerprint density at radius 1 is 1.19 bits per heavy atom. The van der Waals surface area contributed by atoms with Crippen molar-refractivity contribution < 1.29 is 4.74 Å². The standard InChI is InChI=1S/C17H23N3O/c1-4-11-18-17-14(8-7-12-19-17)13-20(2)15-9-5-6-10-16(15)21-3/h5-10,12H,4,11,13H2,1-3H3,(H,18,19). The van der Waals surface area contributed by atoms with E-state index in [0.29, 0.717) is 0 Å². The van der Waals surface area contributed by atoms with E-state index in [1.807, 2.05) is 30.5 Å². The summed E-state index contributed by atoms with van der Waals surface area (Å²) in [6, 6.07) is 12.1. The zero-order valence-electron chi connectivity index (χ0n) is 13.0. The Morgan fingerprint density at radius 3 is 2.76 bits per heavy atom. The van der Waals surface area contributed by atoms with Gasteiger partial charge in [-0.05, 0) is 24.6 Å². The van der Waals surface area contributed by atoms with Crippen molar-refractivity contribution in [2.24, 2.45) is 0 Å². The SMILES string of the molecule is CCCNc1ncccc1CN(C)c1ccccc1OC. The van der Waals surface area contributed by atoms with Crippen LogP contribution in [0.4, 0.5) is 11.5 Å². The summed E-state index contributed by atoms with van der Waals surface area (Å²) in [5, 5.41) is 3.38. The zero-order chi connectivity index (χ0) is 15.1. The molecule has 1 aromatic carbocycles. The second kappa shape index (κ2) is 7.53. The summed E-state index contributed by atoms with van der Waals surface area (Å²) in [5.74, 6) is 1.84. The first kappa shape index (κ1) is 15.2. The van der Waals surface area contributed by atoms with E-state index in [9.17, 15) is 0 Å². The second-order valence-corrected chi connectivity index (χ2v) is 4.97. The van der Waals surface area contributed by atoms with E-state index < -0.39 is 0 Å². The van der Waals surface area contributed by atoms with Crippen LogP contribution in [-0.4, -0.2) is 25.7 Å². The van der Waals surface area contributed by atoms with Gasteiger partial charge in [-0.25, -0.2) is 4.98 Å². The Balaban J connectivity index is 2.17. The third-order valence-corrected chi connectivity index (χ3v) is 3.34. The molecule has 21 heavy (non-hydrogen) atoms. The highest BCUT2D eigenvalue weighted by molar-refractivity contribution is 5.59. The van der Waals surface area contributed by atoms with Crippen molar-refractivity contribution in [2.45, 2.75) is 19.9 Å². The van der Waals surface area contributed by atoms with Crippen LogP contribution in [0.2, 0.25) is 0 Å². The molecule has 1 aromatic heterocycles. The number of hydrogen-bond acceptors (Lipinski definition) is 4. The van der Waals surface area contributed by atoms with Gasteiger partial charge < -0.3 is 15.0 Å². The van der Waals surface area contributed by atoms with Gasteiger partial charge in [0.05, 0.1) is 12.8 Å². The van der Waals surface area contributed by atoms with Crippen molar-refractivity contribution in [3.63, 3.8) is 0 Å². The smallest absolute Gasteiger partial charge is 0.142 e. The molecule has 0 aliphatic carbocycles. The largest absolute Gasteiger partial charge is 0.495 e. The van der Waals surface area contributed by atoms with E-state index in [0.717, 1.165) is 36.8 Å². The molecule has 0 saturated heterocycles. The summed E-state index contributed by atoms with van der Waals surface area (Å²) in [6.45, 7) is 3.86. The molecule has 1 heterocycles. The first-order chi connectivity index (χ1) is 10.3. The number of para-hydroxylation sites is 2. The van der Waals surface area contributed by atoms with Gasteiger partial charge in [-0.3, -0.25) is 0 Å². The number of rotatable bonds is 7. The molecule has 0 bridgehead atoms. The molecule has 2 aromatic rings. The van der Waals surface area contributed by atoms with E-state index in [-0.39, 0.29) is 0 Å². The van der Waals surface area contributed by atoms with Crippen molar-refractivity contribution in [3.8, 4) is 5.75 Å². The molecule has 1 N–H and O–H groups in total. The molecular weight excluding hydrogens is 262 g/mol. The first-order valence-electron chi connectivity index (χ1n) is 7.28. The minimum Gasteiger partial charge on any atom is -0.495 e. The molecule has 4 nitrogen and oxygen atoms in total. The maximum absolute atomic E-state index is 5.43. The molecule has 0 amide bonds. The van der Waals surface area contributed by atoms with E-state index in [2.05, 4.69) is 41.3 Å². The van der Waals surface area contributed by atoms with Crippen molar-refractivity contribution in [1.82, 2.24) is 4.98 Å². The number of methoxy groups -OCH3 is 1. The number of aromatic nitrogens is 1. The zero-order valence-corrected chi connectivity index (χ0v) is 13.0. The van der Waals surface area contributed by atoms with Crippen LogP contribution in [0.25, 0.3) is 0 Å². The van der Waals surface area contributed by atoms with Crippen LogP contribution in [0.1, 0.15) is 18.9 Å². The quantitative estimate of drug-likeness (QED) is 0.844. The van der Waals surface area contributed by atoms with Crippen molar-refractivity contribution in [1.29, 1.82) is 0 Å². The van der Waals surface area contributed by atoms with Crippen LogP contribution in [-0.2, 0) is 6.54 Å². The lowest BCUT2D eigenvalue weighted by molar-refractivity contribution is 0.415. The maximum Gasteiger partial charge on any atom is 0.142 e. The highest BCUT2D eigenvalue weighted by Crippen LogP contribution is 2.28. The number of benzene rings is 1. The minimum atomic E-state index is 0.778. The lowest BCUT2D eigenvalue weighted by atomic mass is 10.2. The number of nitrogens with zero attached hydrogens (tertiary/aromatic N) is 2. The molecule has 0 radical (unpaired) electrons. The van der Waals surface area contributed by atoms with E-state index in [1.165, 1.54) is 5.56 Å². The number of hydrogen-bond donors (Lipinski definition) is 1. The number of nitrogens with one attached hydrogen (secondary N) is 1. The molecule has 2 rings (SSSR count). The summed E-state index contributed by atoms with van der Waals surface area (Å²) >= 11 is 0. The topological polar surface area (TPSA) is 37.4 Å². The van der Waals surface area contributed by atoms with Gasteiger partial charge in [-0.1, -0.05) is 25.1 Å². The molecule has 0 saturated carbocycles. The molecule has 0 atom stereocenters. The van der Waals surface area contributed by atoms with Crippen molar-refractivity contribution >= 4 is 11.5 Å². The lowest BCUT2D eigenvalue weighted by Crippen LogP contribution is -2.18. The Morgan fingerprint density at radius 2 is 2.00 bits per heavy atom. The van der Waals surface area contributed by atoms with Gasteiger partial charge in [0, 0.05) is 31.9 Å². The number of anilines is 2.